The van der Waals surface area contributed by atoms with Crippen LogP contribution in [0.2, 0.25) is 0 Å². The van der Waals surface area contributed by atoms with Crippen LogP contribution in [-0.2, 0) is 0 Å². The first-order valence-electron chi connectivity index (χ1n) is 6.18. The summed E-state index contributed by atoms with van der Waals surface area (Å²) < 4.78 is 0. The van der Waals surface area contributed by atoms with Crippen molar-refractivity contribution in [3.05, 3.63) is 29.3 Å². The van der Waals surface area contributed by atoms with Crippen molar-refractivity contribution in [1.82, 2.24) is 4.90 Å². The Morgan fingerprint density at radius 3 is 2.06 bits per heavy atom. The molecule has 0 saturated heterocycles. The number of ketones is 1. The maximum atomic E-state index is 12.5. The standard InChI is InChI=1S/C15H24N2O/c1-11-10-12(8-9-13(11)16(4)5)14(18)15(2,3)17(6)7/h8-10H,1-7H3. The van der Waals surface area contributed by atoms with Gasteiger partial charge in [0.05, 0.1) is 5.54 Å². The van der Waals surface area contributed by atoms with Crippen LogP contribution in [0.15, 0.2) is 18.2 Å². The van der Waals surface area contributed by atoms with Gasteiger partial charge in [0, 0.05) is 25.3 Å². The SMILES string of the molecule is Cc1cc(C(=O)C(C)(C)N(C)C)ccc1N(C)C. The van der Waals surface area contributed by atoms with Crippen molar-refractivity contribution >= 4 is 11.5 Å². The van der Waals surface area contributed by atoms with Gasteiger partial charge in [-0.05, 0) is 58.6 Å². The van der Waals surface area contributed by atoms with Crippen LogP contribution in [-0.4, -0.2) is 44.4 Å². The molecule has 0 heterocycles. The first-order valence-corrected chi connectivity index (χ1v) is 6.18. The lowest BCUT2D eigenvalue weighted by molar-refractivity contribution is 0.0755. The van der Waals surface area contributed by atoms with Gasteiger partial charge in [-0.3, -0.25) is 9.69 Å². The second-order valence-corrected chi connectivity index (χ2v) is 5.68. The summed E-state index contributed by atoms with van der Waals surface area (Å²) in [6.07, 6.45) is 0. The Labute approximate surface area is 110 Å². The molecular weight excluding hydrogens is 224 g/mol. The molecule has 0 unspecified atom stereocenters. The first kappa shape index (κ1) is 14.7. The molecular formula is C15H24N2O. The van der Waals surface area contributed by atoms with E-state index < -0.39 is 5.54 Å². The fourth-order valence-corrected chi connectivity index (χ4v) is 1.85. The predicted molar refractivity (Wildman–Crippen MR) is 77.6 cm³/mol. The molecule has 0 spiro atoms. The van der Waals surface area contributed by atoms with Gasteiger partial charge in [-0.25, -0.2) is 0 Å². The van der Waals surface area contributed by atoms with Crippen molar-refractivity contribution in [1.29, 1.82) is 0 Å². The van der Waals surface area contributed by atoms with Gasteiger partial charge in [-0.15, -0.1) is 0 Å². The van der Waals surface area contributed by atoms with E-state index >= 15 is 0 Å². The van der Waals surface area contributed by atoms with Crippen LogP contribution in [0.3, 0.4) is 0 Å². The van der Waals surface area contributed by atoms with Crippen molar-refractivity contribution in [3.63, 3.8) is 0 Å². The summed E-state index contributed by atoms with van der Waals surface area (Å²) in [5.74, 6) is 0.154. The van der Waals surface area contributed by atoms with Crippen LogP contribution in [0.1, 0.15) is 29.8 Å². The molecule has 0 aliphatic carbocycles. The molecule has 0 fully saturated rings. The maximum absolute atomic E-state index is 12.5. The van der Waals surface area contributed by atoms with E-state index in [9.17, 15) is 4.79 Å². The Hall–Kier alpha value is -1.35. The smallest absolute Gasteiger partial charge is 0.182 e. The molecule has 0 bridgehead atoms. The lowest BCUT2D eigenvalue weighted by Crippen LogP contribution is -2.45. The zero-order valence-corrected chi connectivity index (χ0v) is 12.5. The number of carbonyl (C=O) groups is 1. The number of nitrogens with zero attached hydrogens (tertiary/aromatic N) is 2. The summed E-state index contributed by atoms with van der Waals surface area (Å²) >= 11 is 0. The minimum Gasteiger partial charge on any atom is -0.377 e. The number of anilines is 1. The Kier molecular flexibility index (Phi) is 4.17. The highest BCUT2D eigenvalue weighted by Gasteiger charge is 2.30. The van der Waals surface area contributed by atoms with E-state index in [1.807, 2.05) is 72.1 Å². The second-order valence-electron chi connectivity index (χ2n) is 5.68. The number of benzene rings is 1. The average molecular weight is 248 g/mol. The Morgan fingerprint density at radius 2 is 1.67 bits per heavy atom. The molecule has 1 aromatic rings. The number of hydrogen-bond acceptors (Lipinski definition) is 3. The molecule has 3 heteroatoms. The molecule has 0 aromatic heterocycles. The van der Waals surface area contributed by atoms with E-state index in [0.29, 0.717) is 0 Å². The van der Waals surface area contributed by atoms with Crippen LogP contribution >= 0.6 is 0 Å². The number of likely N-dealkylation sites (N-methyl/N-ethyl adjacent to an activating group) is 1. The molecule has 0 aliphatic heterocycles. The lowest BCUT2D eigenvalue weighted by atomic mass is 9.91. The molecule has 0 aliphatic rings. The van der Waals surface area contributed by atoms with Crippen LogP contribution in [0, 0.1) is 6.92 Å². The molecule has 0 amide bonds. The second kappa shape index (κ2) is 5.11. The Bertz CT molecular complexity index is 448. The van der Waals surface area contributed by atoms with Crippen molar-refractivity contribution in [3.8, 4) is 0 Å². The first-order chi connectivity index (χ1) is 8.17. The van der Waals surface area contributed by atoms with Crippen LogP contribution in [0.5, 0.6) is 0 Å². The lowest BCUT2D eigenvalue weighted by Gasteiger charge is -2.31. The maximum Gasteiger partial charge on any atom is 0.182 e. The summed E-state index contributed by atoms with van der Waals surface area (Å²) in [5.41, 5.74) is 2.57. The molecule has 1 aromatic carbocycles. The van der Waals surface area contributed by atoms with Crippen LogP contribution in [0.4, 0.5) is 5.69 Å². The van der Waals surface area contributed by atoms with E-state index in [1.165, 1.54) is 0 Å². The largest absolute Gasteiger partial charge is 0.377 e. The Balaban J connectivity index is 3.13. The minimum atomic E-state index is -0.480. The van der Waals surface area contributed by atoms with Gasteiger partial charge in [0.25, 0.3) is 0 Å². The zero-order chi connectivity index (χ0) is 14.1. The molecule has 0 radical (unpaired) electrons. The van der Waals surface area contributed by atoms with E-state index in [0.717, 1.165) is 16.8 Å². The monoisotopic (exact) mass is 248 g/mol. The van der Waals surface area contributed by atoms with Crippen LogP contribution < -0.4 is 4.90 Å². The summed E-state index contributed by atoms with van der Waals surface area (Å²) in [7, 11) is 7.87. The van der Waals surface area contributed by atoms with Gasteiger partial charge in [-0.2, -0.15) is 0 Å². The number of rotatable bonds is 4. The topological polar surface area (TPSA) is 23.6 Å². The number of hydrogen-bond donors (Lipinski definition) is 0. The van der Waals surface area contributed by atoms with Crippen molar-refractivity contribution < 1.29 is 4.79 Å². The normalized spacial score (nSPS) is 11.8. The third-order valence-corrected chi connectivity index (χ3v) is 3.61. The van der Waals surface area contributed by atoms with Crippen molar-refractivity contribution in [2.75, 3.05) is 33.1 Å². The molecule has 3 nitrogen and oxygen atoms in total. The highest BCUT2D eigenvalue weighted by Crippen LogP contribution is 2.23. The molecule has 1 rings (SSSR count). The van der Waals surface area contributed by atoms with Gasteiger partial charge in [-0.1, -0.05) is 0 Å². The van der Waals surface area contributed by atoms with Gasteiger partial charge in [0.1, 0.15) is 0 Å². The number of aryl methyl sites for hydroxylation is 1. The highest BCUT2D eigenvalue weighted by atomic mass is 16.1. The van der Waals surface area contributed by atoms with E-state index in [4.69, 9.17) is 0 Å². The predicted octanol–water partition coefficient (Wildman–Crippen LogP) is 2.58. The molecule has 18 heavy (non-hydrogen) atoms. The summed E-state index contributed by atoms with van der Waals surface area (Å²) in [6.45, 7) is 5.93. The molecule has 0 saturated carbocycles. The van der Waals surface area contributed by atoms with Gasteiger partial charge in [0.15, 0.2) is 5.78 Å². The average Bonchev–Trinajstić information content (AvgIpc) is 2.26. The highest BCUT2D eigenvalue weighted by molar-refractivity contribution is 6.03. The Morgan fingerprint density at radius 1 is 1.11 bits per heavy atom. The van der Waals surface area contributed by atoms with Gasteiger partial charge < -0.3 is 4.90 Å². The van der Waals surface area contributed by atoms with E-state index in [1.54, 1.807) is 0 Å². The van der Waals surface area contributed by atoms with Gasteiger partial charge >= 0.3 is 0 Å². The zero-order valence-electron chi connectivity index (χ0n) is 12.5. The molecule has 100 valence electrons. The summed E-state index contributed by atoms with van der Waals surface area (Å²) in [6, 6.07) is 5.90. The fraction of sp³-hybridized carbons (Fsp3) is 0.533. The van der Waals surface area contributed by atoms with Crippen molar-refractivity contribution in [2.24, 2.45) is 0 Å². The summed E-state index contributed by atoms with van der Waals surface area (Å²) in [5, 5.41) is 0. The third kappa shape index (κ3) is 2.72. The quantitative estimate of drug-likeness (QED) is 0.765. The van der Waals surface area contributed by atoms with Crippen molar-refractivity contribution in [2.45, 2.75) is 26.3 Å². The fourth-order valence-electron chi connectivity index (χ4n) is 1.85. The molecule has 0 atom stereocenters. The number of Topliss-reactive ketones (excluding diaryl/α,β-unsaturated/α-hetero) is 1. The third-order valence-electron chi connectivity index (χ3n) is 3.61. The van der Waals surface area contributed by atoms with Crippen LogP contribution in [0.25, 0.3) is 0 Å². The van der Waals surface area contributed by atoms with E-state index in [-0.39, 0.29) is 5.78 Å². The van der Waals surface area contributed by atoms with E-state index in [2.05, 4.69) is 4.90 Å². The van der Waals surface area contributed by atoms with Gasteiger partial charge in [0.2, 0.25) is 0 Å². The number of carbonyl (C=O) groups excluding carboxylic acids is 1. The molecule has 0 N–H and O–H groups in total. The summed E-state index contributed by atoms with van der Waals surface area (Å²) in [4.78, 5) is 16.5. The minimum absolute atomic E-state index is 0.154.